The molecule has 0 N–H and O–H groups in total. The van der Waals surface area contributed by atoms with Crippen LogP contribution in [-0.2, 0) is 20.0 Å². The highest BCUT2D eigenvalue weighted by atomic mass is 16.8. The highest BCUT2D eigenvalue weighted by Gasteiger charge is 2.66. The van der Waals surface area contributed by atoms with Crippen LogP contribution in [0.4, 0.5) is 0 Å². The number of hydrogen-bond donors (Lipinski definition) is 0. The summed E-state index contributed by atoms with van der Waals surface area (Å²) in [5.41, 5.74) is 1.01. The molecule has 1 aliphatic heterocycles. The first-order chi connectivity index (χ1) is 11.1. The first-order valence-electron chi connectivity index (χ1n) is 7.19. The van der Waals surface area contributed by atoms with Crippen molar-refractivity contribution in [2.24, 2.45) is 0 Å². The zero-order valence-corrected chi connectivity index (χ0v) is 13.2. The molecule has 5 nitrogen and oxygen atoms in total. The molecule has 0 amide bonds. The van der Waals surface area contributed by atoms with Gasteiger partial charge < -0.3 is 18.9 Å². The number of ketones is 1. The summed E-state index contributed by atoms with van der Waals surface area (Å²) in [6.45, 7) is 0. The van der Waals surface area contributed by atoms with E-state index in [0.717, 1.165) is 0 Å². The van der Waals surface area contributed by atoms with E-state index in [-0.39, 0.29) is 5.78 Å². The molecule has 3 rings (SSSR count). The molecule has 1 atom stereocenters. The molecular weight excluding hydrogens is 296 g/mol. The van der Waals surface area contributed by atoms with E-state index >= 15 is 0 Å². The van der Waals surface area contributed by atoms with E-state index in [9.17, 15) is 4.79 Å². The Hall–Kier alpha value is -2.21. The number of para-hydroxylation sites is 1. The van der Waals surface area contributed by atoms with Crippen LogP contribution in [0.2, 0.25) is 0 Å². The fraction of sp³-hybridized carbons (Fsp3) is 0.278. The van der Waals surface area contributed by atoms with Crippen LogP contribution in [0.15, 0.2) is 54.6 Å². The van der Waals surface area contributed by atoms with E-state index in [4.69, 9.17) is 18.9 Å². The zero-order valence-electron chi connectivity index (χ0n) is 13.2. The lowest BCUT2D eigenvalue weighted by Crippen LogP contribution is -2.65. The molecule has 0 radical (unpaired) electrons. The van der Waals surface area contributed by atoms with Crippen molar-refractivity contribution in [1.82, 2.24) is 0 Å². The summed E-state index contributed by atoms with van der Waals surface area (Å²) in [4.78, 5) is 13.1. The lowest BCUT2D eigenvalue weighted by Gasteiger charge is -2.48. The second-order valence-corrected chi connectivity index (χ2v) is 5.14. The fourth-order valence-corrected chi connectivity index (χ4v) is 3.03. The molecule has 23 heavy (non-hydrogen) atoms. The number of Topliss-reactive ketones (excluding diaryl/α,β-unsaturated/α-hetero) is 1. The number of fused-ring (bicyclic) bond motifs is 1. The standard InChI is InChI=1S/C18H18O5/c1-20-17(13-9-5-4-6-10-13)18(21-2,22-3)16(19)14-11-7-8-12-15(14)23-17/h4-12H,1-3H3. The van der Waals surface area contributed by atoms with Crippen LogP contribution in [0.5, 0.6) is 5.75 Å². The number of ether oxygens (including phenoxy) is 4. The van der Waals surface area contributed by atoms with Gasteiger partial charge in [-0.25, -0.2) is 0 Å². The van der Waals surface area contributed by atoms with Crippen LogP contribution in [0.1, 0.15) is 15.9 Å². The summed E-state index contributed by atoms with van der Waals surface area (Å²) in [5.74, 6) is -3.23. The van der Waals surface area contributed by atoms with Gasteiger partial charge in [0.1, 0.15) is 5.75 Å². The maximum Gasteiger partial charge on any atom is 0.306 e. The van der Waals surface area contributed by atoms with E-state index < -0.39 is 11.6 Å². The third-order valence-corrected chi connectivity index (χ3v) is 4.13. The van der Waals surface area contributed by atoms with Gasteiger partial charge in [-0.05, 0) is 12.1 Å². The Labute approximate surface area is 134 Å². The summed E-state index contributed by atoms with van der Waals surface area (Å²) in [6, 6.07) is 16.1. The summed E-state index contributed by atoms with van der Waals surface area (Å²) < 4.78 is 22.9. The van der Waals surface area contributed by atoms with Crippen molar-refractivity contribution in [2.45, 2.75) is 11.6 Å². The molecule has 0 aromatic heterocycles. The van der Waals surface area contributed by atoms with Crippen LogP contribution >= 0.6 is 0 Å². The monoisotopic (exact) mass is 314 g/mol. The number of benzene rings is 2. The van der Waals surface area contributed by atoms with E-state index in [1.165, 1.54) is 21.3 Å². The molecule has 0 fully saturated rings. The van der Waals surface area contributed by atoms with Gasteiger partial charge in [0.05, 0.1) is 5.56 Å². The Bertz CT molecular complexity index is 708. The third kappa shape index (κ3) is 2.01. The minimum Gasteiger partial charge on any atom is -0.451 e. The van der Waals surface area contributed by atoms with Crippen molar-refractivity contribution in [3.8, 4) is 5.75 Å². The van der Waals surface area contributed by atoms with Crippen molar-refractivity contribution in [2.75, 3.05) is 21.3 Å². The van der Waals surface area contributed by atoms with Crippen LogP contribution in [0, 0.1) is 0 Å². The minimum atomic E-state index is -1.75. The van der Waals surface area contributed by atoms with Gasteiger partial charge in [0, 0.05) is 26.9 Å². The van der Waals surface area contributed by atoms with Crippen LogP contribution in [-0.4, -0.2) is 32.9 Å². The summed E-state index contributed by atoms with van der Waals surface area (Å²) in [7, 11) is 4.26. The van der Waals surface area contributed by atoms with Gasteiger partial charge >= 0.3 is 5.79 Å². The lowest BCUT2D eigenvalue weighted by atomic mass is 9.86. The van der Waals surface area contributed by atoms with Crippen LogP contribution < -0.4 is 4.74 Å². The summed E-state index contributed by atoms with van der Waals surface area (Å²) in [5, 5.41) is 0. The Kier molecular flexibility index (Phi) is 3.93. The zero-order chi connectivity index (χ0) is 16.5. The predicted octanol–water partition coefficient (Wildman–Crippen LogP) is 2.75. The average molecular weight is 314 g/mol. The van der Waals surface area contributed by atoms with E-state index in [1.807, 2.05) is 18.2 Å². The summed E-state index contributed by atoms with van der Waals surface area (Å²) in [6.07, 6.45) is 0. The molecule has 0 saturated carbocycles. The highest BCUT2D eigenvalue weighted by molar-refractivity contribution is 6.05. The van der Waals surface area contributed by atoms with Gasteiger partial charge in [-0.3, -0.25) is 4.79 Å². The molecule has 0 bridgehead atoms. The molecule has 2 aromatic carbocycles. The number of methoxy groups -OCH3 is 3. The third-order valence-electron chi connectivity index (χ3n) is 4.13. The Balaban J connectivity index is 2.31. The van der Waals surface area contributed by atoms with Crippen molar-refractivity contribution in [3.63, 3.8) is 0 Å². The van der Waals surface area contributed by atoms with Gasteiger partial charge in [-0.15, -0.1) is 0 Å². The number of carbonyl (C=O) groups excluding carboxylic acids is 1. The molecular formula is C18H18O5. The smallest absolute Gasteiger partial charge is 0.306 e. The molecule has 0 spiro atoms. The number of rotatable bonds is 4. The quantitative estimate of drug-likeness (QED) is 0.812. The van der Waals surface area contributed by atoms with E-state index in [0.29, 0.717) is 16.9 Å². The normalized spacial score (nSPS) is 22.3. The largest absolute Gasteiger partial charge is 0.451 e. The number of hydrogen-bond acceptors (Lipinski definition) is 5. The number of carbonyl (C=O) groups is 1. The second kappa shape index (κ2) is 5.77. The Morgan fingerprint density at radius 1 is 0.826 bits per heavy atom. The molecule has 0 saturated heterocycles. The molecule has 120 valence electrons. The second-order valence-electron chi connectivity index (χ2n) is 5.14. The topological polar surface area (TPSA) is 54.0 Å². The average Bonchev–Trinajstić information content (AvgIpc) is 2.62. The van der Waals surface area contributed by atoms with Gasteiger partial charge in [0.2, 0.25) is 5.78 Å². The Morgan fingerprint density at radius 3 is 2.04 bits per heavy atom. The maximum absolute atomic E-state index is 13.1. The van der Waals surface area contributed by atoms with Crippen molar-refractivity contribution in [3.05, 3.63) is 65.7 Å². The van der Waals surface area contributed by atoms with Crippen molar-refractivity contribution in [1.29, 1.82) is 0 Å². The molecule has 1 aliphatic rings. The van der Waals surface area contributed by atoms with E-state index in [2.05, 4.69) is 0 Å². The van der Waals surface area contributed by atoms with Gasteiger partial charge in [0.15, 0.2) is 0 Å². The molecule has 2 aromatic rings. The van der Waals surface area contributed by atoms with Crippen molar-refractivity contribution >= 4 is 5.78 Å². The molecule has 1 unspecified atom stereocenters. The van der Waals surface area contributed by atoms with Gasteiger partial charge in [0.25, 0.3) is 5.79 Å². The van der Waals surface area contributed by atoms with Crippen LogP contribution in [0.3, 0.4) is 0 Å². The predicted molar refractivity (Wildman–Crippen MR) is 83.3 cm³/mol. The van der Waals surface area contributed by atoms with Gasteiger partial charge in [-0.1, -0.05) is 42.5 Å². The molecule has 0 aliphatic carbocycles. The van der Waals surface area contributed by atoms with Crippen LogP contribution in [0.25, 0.3) is 0 Å². The first kappa shape index (κ1) is 15.7. The lowest BCUT2D eigenvalue weighted by molar-refractivity contribution is -0.353. The van der Waals surface area contributed by atoms with Gasteiger partial charge in [-0.2, -0.15) is 0 Å². The van der Waals surface area contributed by atoms with Crippen molar-refractivity contribution < 1.29 is 23.7 Å². The highest BCUT2D eigenvalue weighted by Crippen LogP contribution is 2.48. The first-order valence-corrected chi connectivity index (χ1v) is 7.19. The molecule has 5 heteroatoms. The Morgan fingerprint density at radius 2 is 1.43 bits per heavy atom. The summed E-state index contributed by atoms with van der Waals surface area (Å²) >= 11 is 0. The minimum absolute atomic E-state index is 0.352. The SMILES string of the molecule is COC1(OC)C(=O)c2ccccc2OC1(OC)c1ccccc1. The maximum atomic E-state index is 13.1. The fourth-order valence-electron chi connectivity index (χ4n) is 3.03. The van der Waals surface area contributed by atoms with E-state index in [1.54, 1.807) is 36.4 Å². The molecule has 1 heterocycles.